The molecule has 0 radical (unpaired) electrons. The largest absolute Gasteiger partial charge is 0.497 e. The van der Waals surface area contributed by atoms with E-state index < -0.39 is 0 Å². The third kappa shape index (κ3) is 4.98. The number of hydrogen-bond acceptors (Lipinski definition) is 7. The zero-order valence-corrected chi connectivity index (χ0v) is 17.3. The Morgan fingerprint density at radius 2 is 1.82 bits per heavy atom. The van der Waals surface area contributed by atoms with Gasteiger partial charge in [-0.05, 0) is 49.6 Å². The van der Waals surface area contributed by atoms with E-state index in [2.05, 4.69) is 42.2 Å². The predicted molar refractivity (Wildman–Crippen MR) is 110 cm³/mol. The van der Waals surface area contributed by atoms with E-state index in [4.69, 9.17) is 18.6 Å². The van der Waals surface area contributed by atoms with Crippen LogP contribution in [0.25, 0.3) is 11.5 Å². The summed E-state index contributed by atoms with van der Waals surface area (Å²) >= 11 is 1.51. The summed E-state index contributed by atoms with van der Waals surface area (Å²) in [6.07, 6.45) is 0.877. The van der Waals surface area contributed by atoms with Gasteiger partial charge >= 0.3 is 0 Å². The van der Waals surface area contributed by atoms with Gasteiger partial charge < -0.3 is 18.6 Å². The van der Waals surface area contributed by atoms with Crippen molar-refractivity contribution in [2.24, 2.45) is 0 Å². The van der Waals surface area contributed by atoms with Gasteiger partial charge in [-0.25, -0.2) is 0 Å². The molecule has 148 valence electrons. The highest BCUT2D eigenvalue weighted by molar-refractivity contribution is 7.99. The average molecular weight is 401 g/mol. The van der Waals surface area contributed by atoms with E-state index in [0.717, 1.165) is 29.1 Å². The number of rotatable bonds is 9. The molecule has 0 atom stereocenters. The maximum atomic E-state index is 5.87. The Hall–Kier alpha value is -2.67. The van der Waals surface area contributed by atoms with Crippen LogP contribution in [0.1, 0.15) is 17.5 Å². The van der Waals surface area contributed by atoms with Crippen LogP contribution in [0.4, 0.5) is 0 Å². The highest BCUT2D eigenvalue weighted by atomic mass is 32.2. The SMILES string of the molecule is COc1ccc(-c2nnc(SCCCOc3cc(C)ccc3C)o2)c(OC)c1. The van der Waals surface area contributed by atoms with E-state index >= 15 is 0 Å². The Balaban J connectivity index is 1.52. The van der Waals surface area contributed by atoms with Crippen LogP contribution in [0.15, 0.2) is 46.0 Å². The fourth-order valence-electron chi connectivity index (χ4n) is 2.62. The first kappa shape index (κ1) is 20.1. The molecular formula is C21H24N2O4S. The Bertz CT molecular complexity index is 927. The van der Waals surface area contributed by atoms with Crippen molar-refractivity contribution in [2.45, 2.75) is 25.5 Å². The van der Waals surface area contributed by atoms with Crippen molar-refractivity contribution in [3.05, 3.63) is 47.5 Å². The molecule has 0 N–H and O–H groups in total. The van der Waals surface area contributed by atoms with Crippen LogP contribution in [-0.2, 0) is 0 Å². The van der Waals surface area contributed by atoms with Gasteiger partial charge in [0.25, 0.3) is 11.1 Å². The van der Waals surface area contributed by atoms with E-state index in [9.17, 15) is 0 Å². The van der Waals surface area contributed by atoms with E-state index in [-0.39, 0.29) is 0 Å². The molecule has 0 spiro atoms. The van der Waals surface area contributed by atoms with Crippen molar-refractivity contribution in [2.75, 3.05) is 26.6 Å². The van der Waals surface area contributed by atoms with E-state index in [0.29, 0.717) is 29.2 Å². The second kappa shape index (κ2) is 9.50. The molecule has 0 aliphatic carbocycles. The highest BCUT2D eigenvalue weighted by Crippen LogP contribution is 2.33. The van der Waals surface area contributed by atoms with Gasteiger partial charge in [0.2, 0.25) is 0 Å². The first-order valence-electron chi connectivity index (χ1n) is 8.99. The Labute approximate surface area is 169 Å². The Morgan fingerprint density at radius 3 is 2.61 bits per heavy atom. The van der Waals surface area contributed by atoms with Crippen molar-refractivity contribution in [1.82, 2.24) is 10.2 Å². The van der Waals surface area contributed by atoms with Crippen molar-refractivity contribution in [1.29, 1.82) is 0 Å². The van der Waals surface area contributed by atoms with Gasteiger partial charge in [0.05, 0.1) is 26.4 Å². The number of hydrogen-bond donors (Lipinski definition) is 0. The molecule has 0 saturated heterocycles. The Morgan fingerprint density at radius 1 is 0.964 bits per heavy atom. The van der Waals surface area contributed by atoms with Crippen molar-refractivity contribution >= 4 is 11.8 Å². The monoisotopic (exact) mass is 400 g/mol. The summed E-state index contributed by atoms with van der Waals surface area (Å²) in [4.78, 5) is 0. The molecule has 3 aromatic rings. The van der Waals surface area contributed by atoms with Crippen molar-refractivity contribution < 1.29 is 18.6 Å². The number of benzene rings is 2. The van der Waals surface area contributed by atoms with Gasteiger partial charge in [-0.3, -0.25) is 0 Å². The molecule has 3 rings (SSSR count). The molecule has 28 heavy (non-hydrogen) atoms. The topological polar surface area (TPSA) is 66.6 Å². The standard InChI is InChI=1S/C21H24N2O4S/c1-14-6-7-15(2)18(12-14)26-10-5-11-28-21-23-22-20(27-21)17-9-8-16(24-3)13-19(17)25-4/h6-9,12-13H,5,10-11H2,1-4H3. The molecule has 1 aromatic heterocycles. The van der Waals surface area contributed by atoms with Crippen molar-refractivity contribution in [3.8, 4) is 28.7 Å². The lowest BCUT2D eigenvalue weighted by molar-refractivity contribution is 0.316. The van der Waals surface area contributed by atoms with Gasteiger partial charge in [0, 0.05) is 11.8 Å². The average Bonchev–Trinajstić information content (AvgIpc) is 3.18. The van der Waals surface area contributed by atoms with Gasteiger partial charge in [-0.2, -0.15) is 0 Å². The summed E-state index contributed by atoms with van der Waals surface area (Å²) in [6, 6.07) is 11.7. The normalized spacial score (nSPS) is 10.7. The molecule has 0 fully saturated rings. The Kier molecular flexibility index (Phi) is 6.81. The lowest BCUT2D eigenvalue weighted by Crippen LogP contribution is -2.00. The molecule has 0 unspecified atom stereocenters. The molecule has 6 nitrogen and oxygen atoms in total. The lowest BCUT2D eigenvalue weighted by Gasteiger charge is -2.09. The van der Waals surface area contributed by atoms with E-state index in [1.165, 1.54) is 17.3 Å². The summed E-state index contributed by atoms with van der Waals surface area (Å²) in [5, 5.41) is 8.77. The second-order valence-electron chi connectivity index (χ2n) is 6.26. The minimum absolute atomic E-state index is 0.425. The second-order valence-corrected chi connectivity index (χ2v) is 7.30. The number of methoxy groups -OCH3 is 2. The predicted octanol–water partition coefficient (Wildman–Crippen LogP) is 4.93. The summed E-state index contributed by atoms with van der Waals surface area (Å²) in [5.74, 6) is 3.53. The third-order valence-corrected chi connectivity index (χ3v) is 5.07. The molecular weight excluding hydrogens is 376 g/mol. The van der Waals surface area contributed by atoms with Crippen molar-refractivity contribution in [3.63, 3.8) is 0 Å². The number of aryl methyl sites for hydroxylation is 2. The number of thioether (sulfide) groups is 1. The highest BCUT2D eigenvalue weighted by Gasteiger charge is 2.14. The summed E-state index contributed by atoms with van der Waals surface area (Å²) in [5.41, 5.74) is 3.08. The quantitative estimate of drug-likeness (QED) is 0.372. The first-order valence-corrected chi connectivity index (χ1v) is 9.98. The first-order chi connectivity index (χ1) is 13.6. The molecule has 7 heteroatoms. The van der Waals surface area contributed by atoms with Crippen LogP contribution in [0.5, 0.6) is 17.2 Å². The maximum Gasteiger partial charge on any atom is 0.276 e. The van der Waals surface area contributed by atoms with Gasteiger partial charge in [0.1, 0.15) is 17.2 Å². The number of nitrogens with zero attached hydrogens (tertiary/aromatic N) is 2. The van der Waals surface area contributed by atoms with E-state index in [1.807, 2.05) is 12.1 Å². The number of aromatic nitrogens is 2. The minimum Gasteiger partial charge on any atom is -0.497 e. The van der Waals surface area contributed by atoms with Gasteiger partial charge in [0.15, 0.2) is 0 Å². The smallest absolute Gasteiger partial charge is 0.276 e. The molecule has 1 heterocycles. The summed E-state index contributed by atoms with van der Waals surface area (Å²) in [7, 11) is 3.21. The summed E-state index contributed by atoms with van der Waals surface area (Å²) in [6.45, 7) is 4.76. The molecule has 0 aliphatic rings. The zero-order chi connectivity index (χ0) is 19.9. The van der Waals surface area contributed by atoms with Crippen LogP contribution in [-0.4, -0.2) is 36.8 Å². The zero-order valence-electron chi connectivity index (χ0n) is 16.5. The maximum absolute atomic E-state index is 5.87. The lowest BCUT2D eigenvalue weighted by atomic mass is 10.1. The van der Waals surface area contributed by atoms with Crippen LogP contribution >= 0.6 is 11.8 Å². The van der Waals surface area contributed by atoms with Crippen LogP contribution < -0.4 is 14.2 Å². The minimum atomic E-state index is 0.425. The van der Waals surface area contributed by atoms with Gasteiger partial charge in [-0.1, -0.05) is 23.9 Å². The van der Waals surface area contributed by atoms with Crippen LogP contribution in [0.3, 0.4) is 0 Å². The van der Waals surface area contributed by atoms with E-state index in [1.54, 1.807) is 20.3 Å². The fraction of sp³-hybridized carbons (Fsp3) is 0.333. The molecule has 2 aromatic carbocycles. The van der Waals surface area contributed by atoms with Crippen LogP contribution in [0, 0.1) is 13.8 Å². The molecule has 0 amide bonds. The molecule has 0 bridgehead atoms. The fourth-order valence-corrected chi connectivity index (χ4v) is 3.29. The van der Waals surface area contributed by atoms with Gasteiger partial charge in [-0.15, -0.1) is 10.2 Å². The number of ether oxygens (including phenoxy) is 3. The van der Waals surface area contributed by atoms with Crippen LogP contribution in [0.2, 0.25) is 0 Å². The molecule has 0 aliphatic heterocycles. The molecule has 0 saturated carbocycles. The summed E-state index contributed by atoms with van der Waals surface area (Å²) < 4.78 is 22.2. The third-order valence-electron chi connectivity index (χ3n) is 4.16.